The molecule has 0 aliphatic heterocycles. The fourth-order valence-electron chi connectivity index (χ4n) is 6.94. The van der Waals surface area contributed by atoms with Gasteiger partial charge in [0, 0.05) is 22.3 Å². The molecule has 0 saturated heterocycles. The molecular formula is C56H68O11P2. The van der Waals surface area contributed by atoms with Crippen LogP contribution in [-0.2, 0) is 16.2 Å². The number of methoxy groups -OCH3 is 4. The Balaban J connectivity index is 1.65. The van der Waals surface area contributed by atoms with E-state index in [4.69, 9.17) is 50.8 Å². The normalized spacial score (nSPS) is 12.0. The lowest BCUT2D eigenvalue weighted by molar-refractivity contribution is 0.130. The van der Waals surface area contributed by atoms with Crippen molar-refractivity contribution >= 4 is 17.2 Å². The second-order valence-electron chi connectivity index (χ2n) is 20.4. The van der Waals surface area contributed by atoms with Gasteiger partial charge in [0.05, 0.1) is 28.4 Å². The van der Waals surface area contributed by atoms with Crippen LogP contribution in [0.4, 0.5) is 0 Å². The molecule has 0 radical (unpaired) electrons. The van der Waals surface area contributed by atoms with Crippen molar-refractivity contribution in [1.82, 2.24) is 0 Å². The van der Waals surface area contributed by atoms with Gasteiger partial charge in [-0.2, -0.15) is 0 Å². The fourth-order valence-corrected chi connectivity index (χ4v) is 9.03. The predicted octanol–water partition coefficient (Wildman–Crippen LogP) is 16.0. The van der Waals surface area contributed by atoms with Crippen molar-refractivity contribution in [3.8, 4) is 74.4 Å². The Labute approximate surface area is 412 Å². The highest BCUT2D eigenvalue weighted by molar-refractivity contribution is 7.43. The van der Waals surface area contributed by atoms with Gasteiger partial charge in [-0.05, 0) is 158 Å². The van der Waals surface area contributed by atoms with E-state index in [1.165, 1.54) is 0 Å². The van der Waals surface area contributed by atoms with E-state index in [0.29, 0.717) is 68.8 Å². The molecule has 0 aliphatic rings. The lowest BCUT2D eigenvalue weighted by Gasteiger charge is -2.32. The third kappa shape index (κ3) is 14.3. The summed E-state index contributed by atoms with van der Waals surface area (Å²) in [5.41, 5.74) is 2.44. The molecule has 0 N–H and O–H groups in total. The molecule has 368 valence electrons. The third-order valence-corrected chi connectivity index (χ3v) is 12.7. The highest BCUT2D eigenvalue weighted by Gasteiger charge is 2.36. The molecule has 0 bridgehead atoms. The molecule has 0 saturated carbocycles. The summed E-state index contributed by atoms with van der Waals surface area (Å²) in [6.07, 6.45) is 0. The molecule has 0 heterocycles. The number of benzene rings is 6. The zero-order valence-corrected chi connectivity index (χ0v) is 44.7. The van der Waals surface area contributed by atoms with Crippen molar-refractivity contribution < 1.29 is 50.8 Å². The van der Waals surface area contributed by atoms with Gasteiger partial charge in [0.1, 0.15) is 68.8 Å². The average Bonchev–Trinajstić information content (AvgIpc) is 3.28. The first-order valence-electron chi connectivity index (χ1n) is 22.8. The van der Waals surface area contributed by atoms with Crippen molar-refractivity contribution in [2.24, 2.45) is 0 Å². The van der Waals surface area contributed by atoms with Crippen LogP contribution in [0.25, 0.3) is 11.1 Å². The molecule has 0 unspecified atom stereocenters. The topological polar surface area (TPSA) is 102 Å². The molecule has 69 heavy (non-hydrogen) atoms. The van der Waals surface area contributed by atoms with Gasteiger partial charge in [0.25, 0.3) is 0 Å². The minimum Gasteiger partial charge on any atom is -0.497 e. The number of ether oxygens (including phenoxy) is 5. The van der Waals surface area contributed by atoms with Crippen molar-refractivity contribution in [2.45, 2.75) is 105 Å². The van der Waals surface area contributed by atoms with Gasteiger partial charge >= 0.3 is 17.2 Å². The van der Waals surface area contributed by atoms with Crippen LogP contribution in [-0.4, -0.2) is 34.0 Å². The Bertz CT molecular complexity index is 2510. The summed E-state index contributed by atoms with van der Waals surface area (Å²) in [6, 6.07) is 37.7. The Morgan fingerprint density at radius 3 is 0.870 bits per heavy atom. The van der Waals surface area contributed by atoms with E-state index in [9.17, 15) is 0 Å². The van der Waals surface area contributed by atoms with E-state index in [-0.39, 0.29) is 5.41 Å². The predicted molar refractivity (Wildman–Crippen MR) is 278 cm³/mol. The van der Waals surface area contributed by atoms with Crippen molar-refractivity contribution in [3.63, 3.8) is 0 Å². The van der Waals surface area contributed by atoms with Crippen LogP contribution in [0.3, 0.4) is 0 Å². The van der Waals surface area contributed by atoms with Crippen LogP contribution in [0.2, 0.25) is 0 Å². The minimum atomic E-state index is -2.21. The zero-order valence-electron chi connectivity index (χ0n) is 42.9. The van der Waals surface area contributed by atoms with E-state index in [2.05, 4.69) is 74.4 Å². The van der Waals surface area contributed by atoms with Crippen molar-refractivity contribution in [2.75, 3.05) is 28.4 Å². The second kappa shape index (κ2) is 21.7. The summed E-state index contributed by atoms with van der Waals surface area (Å²) in [5.74, 6) is 6.53. The lowest BCUT2D eigenvalue weighted by Crippen LogP contribution is -2.24. The third-order valence-electron chi connectivity index (χ3n) is 10.6. The first kappa shape index (κ1) is 52.4. The van der Waals surface area contributed by atoms with Gasteiger partial charge in [-0.3, -0.25) is 0 Å². The summed E-state index contributed by atoms with van der Waals surface area (Å²) in [4.78, 5) is 0. The molecule has 0 fully saturated rings. The summed E-state index contributed by atoms with van der Waals surface area (Å²) >= 11 is 0. The molecule has 0 aromatic heterocycles. The second-order valence-corrected chi connectivity index (χ2v) is 22.4. The molecule has 13 heteroatoms. The Hall–Kier alpha value is -6.02. The Morgan fingerprint density at radius 2 is 0.594 bits per heavy atom. The van der Waals surface area contributed by atoms with Crippen LogP contribution >= 0.6 is 17.2 Å². The van der Waals surface area contributed by atoms with Gasteiger partial charge in [-0.1, -0.05) is 68.4 Å². The molecule has 0 amide bonds. The number of rotatable bonds is 18. The quantitative estimate of drug-likeness (QED) is 0.0770. The van der Waals surface area contributed by atoms with Gasteiger partial charge in [0.15, 0.2) is 0 Å². The molecule has 0 atom stereocenters. The summed E-state index contributed by atoms with van der Waals surface area (Å²) in [5, 5.41) is 0. The fraction of sp³-hybridized carbons (Fsp3) is 0.357. The van der Waals surface area contributed by atoms with Gasteiger partial charge in [-0.25, -0.2) is 0 Å². The smallest absolute Gasteiger partial charge is 0.497 e. The number of hydrogen-bond acceptors (Lipinski definition) is 11. The maximum atomic E-state index is 7.29. The number of hydrogen-bond donors (Lipinski definition) is 0. The first-order valence-corrected chi connectivity index (χ1v) is 25.0. The van der Waals surface area contributed by atoms with Crippen LogP contribution < -0.4 is 50.8 Å². The Kier molecular flexibility index (Phi) is 16.5. The first-order chi connectivity index (χ1) is 32.5. The van der Waals surface area contributed by atoms with Crippen molar-refractivity contribution in [3.05, 3.63) is 138 Å². The minimum absolute atomic E-state index is 0.299. The highest BCUT2D eigenvalue weighted by Crippen LogP contribution is 2.56. The molecule has 11 nitrogen and oxygen atoms in total. The molecule has 0 spiro atoms. The molecule has 6 aromatic rings. The zero-order chi connectivity index (χ0) is 50.3. The van der Waals surface area contributed by atoms with E-state index >= 15 is 0 Å². The van der Waals surface area contributed by atoms with Crippen LogP contribution in [0.5, 0.6) is 63.2 Å². The molecule has 6 rings (SSSR count). The summed E-state index contributed by atoms with van der Waals surface area (Å²) < 4.78 is 69.9. The lowest BCUT2D eigenvalue weighted by atomic mass is 9.77. The standard InChI is InChI=1S/C56H68O11P2/c1-53(2,3)37-33-47(51(49(34-37)54(4,5)6)66-68(62-42-25-17-38(57-13)18-26-42)63-43-27-19-39(58-14)20-28-43)48-35-46(61-56(10,11)12)36-50(55(7,8)9)52(48)67-69(64-44-29-21-40(59-15)22-30-44)65-45-31-23-41(60-16)24-32-45/h17-36H,1-16H3. The van der Waals surface area contributed by atoms with Crippen LogP contribution in [0, 0.1) is 0 Å². The van der Waals surface area contributed by atoms with E-state index in [1.807, 2.05) is 130 Å². The molecule has 6 aromatic carbocycles. The summed E-state index contributed by atoms with van der Waals surface area (Å²) in [6.45, 7) is 25.6. The maximum Gasteiger partial charge on any atom is 0.530 e. The summed E-state index contributed by atoms with van der Waals surface area (Å²) in [7, 11) is 2.08. The van der Waals surface area contributed by atoms with Gasteiger partial charge in [0.2, 0.25) is 0 Å². The van der Waals surface area contributed by atoms with E-state index in [1.54, 1.807) is 28.4 Å². The van der Waals surface area contributed by atoms with Gasteiger partial charge < -0.3 is 50.8 Å². The van der Waals surface area contributed by atoms with Crippen LogP contribution in [0.15, 0.2) is 121 Å². The van der Waals surface area contributed by atoms with Crippen LogP contribution in [0.1, 0.15) is 99.8 Å². The average molecular weight is 979 g/mol. The van der Waals surface area contributed by atoms with E-state index in [0.717, 1.165) is 22.3 Å². The maximum absolute atomic E-state index is 7.29. The van der Waals surface area contributed by atoms with Gasteiger partial charge in [-0.15, -0.1) is 0 Å². The largest absolute Gasteiger partial charge is 0.530 e. The van der Waals surface area contributed by atoms with E-state index < -0.39 is 33.6 Å². The SMILES string of the molecule is COc1ccc(OP(Oc2ccc(OC)cc2)Oc2c(-c3cc(C(C)(C)C)cc(C(C)(C)C)c3OP(Oc3ccc(OC)cc3)Oc3ccc(OC)cc3)cc(OC(C)(C)C)cc2C(C)(C)C)cc1. The molecule has 0 aliphatic carbocycles. The monoisotopic (exact) mass is 978 g/mol. The van der Waals surface area contributed by atoms with Crippen molar-refractivity contribution in [1.29, 1.82) is 0 Å². The molecular weight excluding hydrogens is 911 g/mol. The Morgan fingerprint density at radius 1 is 0.304 bits per heavy atom. The highest BCUT2D eigenvalue weighted by atomic mass is 31.2.